The van der Waals surface area contributed by atoms with Gasteiger partial charge in [-0.25, -0.2) is 9.97 Å². The fraction of sp³-hybridized carbons (Fsp3) is 0.500. The van der Waals surface area contributed by atoms with E-state index in [-0.39, 0.29) is 11.4 Å². The lowest BCUT2D eigenvalue weighted by atomic mass is 9.94. The SMILES string of the molecule is C[C@H]1C2CN(c3ccc(Nc4ncc5cc6n(c5n4)C4(CCCC4)CNC6=O)nc3)[C@H]1C[N-]2. The minimum atomic E-state index is -0.0744. The number of fused-ring (bicyclic) bond motifs is 6. The van der Waals surface area contributed by atoms with E-state index >= 15 is 0 Å². The molecule has 2 N–H and O–H groups in total. The summed E-state index contributed by atoms with van der Waals surface area (Å²) in [6, 6.07) is 6.94. The van der Waals surface area contributed by atoms with Gasteiger partial charge in [-0.15, -0.1) is 12.6 Å². The van der Waals surface area contributed by atoms with E-state index in [0.717, 1.165) is 42.7 Å². The van der Waals surface area contributed by atoms with Gasteiger partial charge < -0.3 is 25.4 Å². The molecule has 3 aromatic rings. The van der Waals surface area contributed by atoms with E-state index in [1.165, 1.54) is 12.8 Å². The van der Waals surface area contributed by atoms with Crippen molar-refractivity contribution in [3.05, 3.63) is 41.6 Å². The molecule has 3 atom stereocenters. The van der Waals surface area contributed by atoms with Crippen molar-refractivity contribution in [2.45, 2.75) is 50.2 Å². The molecule has 6 heterocycles. The highest BCUT2D eigenvalue weighted by Gasteiger charge is 2.43. The molecule has 170 valence electrons. The van der Waals surface area contributed by atoms with Gasteiger partial charge >= 0.3 is 0 Å². The predicted molar refractivity (Wildman–Crippen MR) is 126 cm³/mol. The molecule has 1 unspecified atom stereocenters. The molecule has 1 amide bonds. The van der Waals surface area contributed by atoms with Crippen molar-refractivity contribution in [1.29, 1.82) is 0 Å². The number of hydrogen-bond donors (Lipinski definition) is 2. The molecule has 0 aromatic carbocycles. The Balaban J connectivity index is 1.18. The fourth-order valence-electron chi connectivity index (χ4n) is 6.36. The first-order valence-corrected chi connectivity index (χ1v) is 11.9. The number of nitrogens with zero attached hydrogens (tertiary/aromatic N) is 6. The van der Waals surface area contributed by atoms with Crippen LogP contribution in [0.1, 0.15) is 43.1 Å². The summed E-state index contributed by atoms with van der Waals surface area (Å²) in [6.45, 7) is 4.86. The number of carbonyl (C=O) groups excluding carboxylic acids is 1. The molecule has 3 aromatic heterocycles. The Labute approximate surface area is 192 Å². The predicted octanol–water partition coefficient (Wildman–Crippen LogP) is 3.16. The van der Waals surface area contributed by atoms with Crippen LogP contribution in [0, 0.1) is 5.92 Å². The molecule has 2 saturated heterocycles. The molecular weight excluding hydrogens is 416 g/mol. The van der Waals surface area contributed by atoms with Crippen molar-refractivity contribution < 1.29 is 4.79 Å². The van der Waals surface area contributed by atoms with Crippen LogP contribution in [0.15, 0.2) is 30.6 Å². The van der Waals surface area contributed by atoms with E-state index in [9.17, 15) is 4.79 Å². The number of anilines is 3. The Hall–Kier alpha value is -3.20. The van der Waals surface area contributed by atoms with Crippen LogP contribution >= 0.6 is 0 Å². The first kappa shape index (κ1) is 19.3. The van der Waals surface area contributed by atoms with E-state index in [1.54, 1.807) is 6.20 Å². The number of nitrogens with one attached hydrogen (secondary N) is 2. The lowest BCUT2D eigenvalue weighted by Gasteiger charge is -2.37. The van der Waals surface area contributed by atoms with Gasteiger partial charge in [0.2, 0.25) is 5.95 Å². The molecule has 1 aliphatic carbocycles. The Morgan fingerprint density at radius 2 is 2.09 bits per heavy atom. The largest absolute Gasteiger partial charge is 0.656 e. The highest BCUT2D eigenvalue weighted by atomic mass is 16.2. The third-order valence-electron chi connectivity index (χ3n) is 8.20. The van der Waals surface area contributed by atoms with Gasteiger partial charge in [-0.2, -0.15) is 4.98 Å². The van der Waals surface area contributed by atoms with Gasteiger partial charge in [0, 0.05) is 30.7 Å². The molecule has 33 heavy (non-hydrogen) atoms. The summed E-state index contributed by atoms with van der Waals surface area (Å²) in [6.07, 6.45) is 8.19. The van der Waals surface area contributed by atoms with Crippen LogP contribution < -0.4 is 15.5 Å². The maximum atomic E-state index is 12.6. The highest BCUT2D eigenvalue weighted by Crippen LogP contribution is 2.42. The van der Waals surface area contributed by atoms with Crippen LogP contribution in [0.2, 0.25) is 0 Å². The molecule has 2 bridgehead atoms. The summed E-state index contributed by atoms with van der Waals surface area (Å²) in [7, 11) is 0. The second-order valence-corrected chi connectivity index (χ2v) is 9.99. The Morgan fingerprint density at radius 3 is 2.82 bits per heavy atom. The van der Waals surface area contributed by atoms with Gasteiger partial charge in [0.15, 0.2) is 0 Å². The number of aromatic nitrogens is 4. The smallest absolute Gasteiger partial charge is 0.268 e. The summed E-state index contributed by atoms with van der Waals surface area (Å²) in [4.78, 5) is 29.0. The number of rotatable bonds is 3. The molecule has 3 aliphatic heterocycles. The second-order valence-electron chi connectivity index (χ2n) is 9.99. The molecule has 1 spiro atoms. The highest BCUT2D eigenvalue weighted by molar-refractivity contribution is 5.99. The fourth-order valence-corrected chi connectivity index (χ4v) is 6.36. The monoisotopic (exact) mass is 443 g/mol. The second kappa shape index (κ2) is 6.90. The zero-order valence-electron chi connectivity index (χ0n) is 18.7. The first-order chi connectivity index (χ1) is 16.1. The van der Waals surface area contributed by atoms with Crippen molar-refractivity contribution in [2.75, 3.05) is 29.9 Å². The normalized spacial score (nSPS) is 27.4. The van der Waals surface area contributed by atoms with Crippen molar-refractivity contribution in [2.24, 2.45) is 5.92 Å². The van der Waals surface area contributed by atoms with Crippen molar-refractivity contribution in [3.63, 3.8) is 0 Å². The van der Waals surface area contributed by atoms with Crippen LogP contribution in [-0.2, 0) is 5.54 Å². The zero-order chi connectivity index (χ0) is 22.2. The van der Waals surface area contributed by atoms with Gasteiger partial charge in [0.1, 0.15) is 17.2 Å². The molecular formula is C24H27N8O-. The summed E-state index contributed by atoms with van der Waals surface area (Å²) in [5, 5.41) is 11.9. The number of amides is 1. The van der Waals surface area contributed by atoms with Crippen LogP contribution in [0.3, 0.4) is 0 Å². The Kier molecular flexibility index (Phi) is 4.03. The van der Waals surface area contributed by atoms with E-state index < -0.39 is 0 Å². The van der Waals surface area contributed by atoms with Crippen molar-refractivity contribution in [1.82, 2.24) is 24.8 Å². The topological polar surface area (TPSA) is 102 Å². The van der Waals surface area contributed by atoms with Crippen LogP contribution in [0.5, 0.6) is 0 Å². The Morgan fingerprint density at radius 1 is 1.21 bits per heavy atom. The summed E-state index contributed by atoms with van der Waals surface area (Å²) in [5.41, 5.74) is 2.57. The average Bonchev–Trinajstić information content (AvgIpc) is 3.61. The maximum Gasteiger partial charge on any atom is 0.268 e. The van der Waals surface area contributed by atoms with E-state index in [0.29, 0.717) is 42.0 Å². The van der Waals surface area contributed by atoms with Crippen molar-refractivity contribution in [3.8, 4) is 0 Å². The average molecular weight is 444 g/mol. The molecule has 4 aliphatic rings. The van der Waals surface area contributed by atoms with Crippen LogP contribution in [-0.4, -0.2) is 57.1 Å². The van der Waals surface area contributed by atoms with Gasteiger partial charge in [-0.1, -0.05) is 19.8 Å². The quantitative estimate of drug-likeness (QED) is 0.645. The third-order valence-corrected chi connectivity index (χ3v) is 8.20. The molecule has 9 nitrogen and oxygen atoms in total. The minimum absolute atomic E-state index is 0.0324. The number of pyridine rings is 1. The minimum Gasteiger partial charge on any atom is -0.656 e. The maximum absolute atomic E-state index is 12.6. The third kappa shape index (κ3) is 2.81. The lowest BCUT2D eigenvalue weighted by Crippen LogP contribution is -2.50. The summed E-state index contributed by atoms with van der Waals surface area (Å²) >= 11 is 0. The van der Waals surface area contributed by atoms with E-state index in [1.807, 2.05) is 18.3 Å². The van der Waals surface area contributed by atoms with Crippen LogP contribution in [0.25, 0.3) is 16.4 Å². The molecule has 7 rings (SSSR count). The molecule has 0 radical (unpaired) electrons. The van der Waals surface area contributed by atoms with Gasteiger partial charge in [0.05, 0.1) is 17.4 Å². The lowest BCUT2D eigenvalue weighted by molar-refractivity contribution is 0.0876. The van der Waals surface area contributed by atoms with Gasteiger partial charge in [-0.05, 0) is 37.0 Å². The summed E-state index contributed by atoms with van der Waals surface area (Å²) in [5.74, 6) is 1.78. The first-order valence-electron chi connectivity index (χ1n) is 11.9. The van der Waals surface area contributed by atoms with Crippen molar-refractivity contribution >= 4 is 34.4 Å². The molecule has 9 heteroatoms. The number of carbonyl (C=O) groups is 1. The zero-order valence-corrected chi connectivity index (χ0v) is 18.7. The number of piperazine rings is 1. The number of hydrogen-bond acceptors (Lipinski definition) is 6. The van der Waals surface area contributed by atoms with E-state index in [4.69, 9.17) is 10.3 Å². The van der Waals surface area contributed by atoms with Gasteiger partial charge in [0.25, 0.3) is 5.91 Å². The Bertz CT molecular complexity index is 1250. The summed E-state index contributed by atoms with van der Waals surface area (Å²) < 4.78 is 2.17. The van der Waals surface area contributed by atoms with Gasteiger partial charge in [-0.3, -0.25) is 4.79 Å². The molecule has 3 fully saturated rings. The molecule has 1 saturated carbocycles. The van der Waals surface area contributed by atoms with E-state index in [2.05, 4.69) is 43.1 Å². The van der Waals surface area contributed by atoms with Crippen LogP contribution in [0.4, 0.5) is 17.5 Å². The standard InChI is InChI=1S/C24H27N8O/c1-14-17-12-31(19(14)11-25-17)16-4-5-20(26-10-16)29-23-27-9-15-8-18-22(33)28-13-24(6-2-3-7-24)32(18)21(15)30-23/h4-5,8-10,14,17,19H,2-3,6-7,11-13H2,1H3,(H,28,33)(H,26,27,29,30)/q-1/t14-,17?,19-/m0/s1.